The smallest absolute Gasteiger partial charge is 0.417 e. The average Bonchev–Trinajstić information content (AvgIpc) is 3.52. The van der Waals surface area contributed by atoms with Crippen LogP contribution in [0.3, 0.4) is 0 Å². The Balaban J connectivity index is 1.35. The van der Waals surface area contributed by atoms with Crippen LogP contribution in [0.15, 0.2) is 42.5 Å². The number of aliphatic carboxylic acids is 1. The highest BCUT2D eigenvalue weighted by atomic mass is 19.4. The van der Waals surface area contributed by atoms with Crippen LogP contribution in [0.2, 0.25) is 0 Å². The molecular formula is C31H29F6NO5. The van der Waals surface area contributed by atoms with E-state index in [-0.39, 0.29) is 53.2 Å². The Morgan fingerprint density at radius 1 is 1.12 bits per heavy atom. The van der Waals surface area contributed by atoms with Crippen LogP contribution in [0.25, 0.3) is 11.1 Å². The first-order valence-corrected chi connectivity index (χ1v) is 13.7. The first kappa shape index (κ1) is 30.7. The highest BCUT2D eigenvalue weighted by Gasteiger charge is 2.60. The molecule has 1 aromatic heterocycles. The van der Waals surface area contributed by atoms with Gasteiger partial charge in [-0.05, 0) is 72.2 Å². The summed E-state index contributed by atoms with van der Waals surface area (Å²) in [5, 5.41) is 19.1. The van der Waals surface area contributed by atoms with E-state index < -0.39 is 48.1 Å². The van der Waals surface area contributed by atoms with Crippen LogP contribution in [0.5, 0.6) is 11.6 Å². The molecule has 1 saturated carbocycles. The maximum absolute atomic E-state index is 14.9. The lowest BCUT2D eigenvalue weighted by molar-refractivity contribution is -0.139. The number of rotatable bonds is 11. The number of pyridine rings is 1. The lowest BCUT2D eigenvalue weighted by Gasteiger charge is -2.22. The van der Waals surface area contributed by atoms with Crippen LogP contribution >= 0.6 is 0 Å². The Morgan fingerprint density at radius 2 is 1.81 bits per heavy atom. The first-order chi connectivity index (χ1) is 20.2. The van der Waals surface area contributed by atoms with Gasteiger partial charge in [0.15, 0.2) is 0 Å². The fourth-order valence-electron chi connectivity index (χ4n) is 5.74. The zero-order chi connectivity index (χ0) is 31.3. The van der Waals surface area contributed by atoms with Crippen LogP contribution < -0.4 is 9.47 Å². The van der Waals surface area contributed by atoms with Crippen molar-refractivity contribution in [2.24, 2.45) is 11.8 Å². The number of aryl methyl sites for hydroxylation is 1. The van der Waals surface area contributed by atoms with Crippen LogP contribution in [-0.2, 0) is 30.4 Å². The average molecular weight is 610 g/mol. The topological polar surface area (TPSA) is 88.9 Å². The minimum absolute atomic E-state index is 0.00840. The molecule has 2 aliphatic carbocycles. The molecule has 0 amide bonds. The number of fused-ring (bicyclic) bond motifs is 3. The molecule has 12 heteroatoms. The molecule has 43 heavy (non-hydrogen) atoms. The van der Waals surface area contributed by atoms with Gasteiger partial charge >= 0.3 is 12.1 Å². The van der Waals surface area contributed by atoms with Crippen LogP contribution in [0, 0.1) is 17.7 Å². The summed E-state index contributed by atoms with van der Waals surface area (Å²) in [5.41, 5.74) is -1.22. The molecule has 0 saturated heterocycles. The number of halogens is 6. The summed E-state index contributed by atoms with van der Waals surface area (Å²) in [6, 6.07) is 8.53. The number of ether oxygens (including phenoxy) is 2. The van der Waals surface area contributed by atoms with Crippen LogP contribution in [-0.4, -0.2) is 39.8 Å². The zero-order valence-corrected chi connectivity index (χ0v) is 23.2. The summed E-state index contributed by atoms with van der Waals surface area (Å²) >= 11 is 0. The van der Waals surface area contributed by atoms with Gasteiger partial charge in [0, 0.05) is 29.7 Å². The van der Waals surface area contributed by atoms with Crippen molar-refractivity contribution in [3.8, 4) is 22.8 Å². The molecule has 230 valence electrons. The van der Waals surface area contributed by atoms with Crippen molar-refractivity contribution in [1.29, 1.82) is 0 Å². The summed E-state index contributed by atoms with van der Waals surface area (Å²) in [4.78, 5) is 16.0. The van der Waals surface area contributed by atoms with E-state index in [0.29, 0.717) is 24.6 Å². The van der Waals surface area contributed by atoms with Crippen molar-refractivity contribution >= 4 is 5.97 Å². The van der Waals surface area contributed by atoms with Crippen molar-refractivity contribution in [2.45, 2.75) is 63.8 Å². The second-order valence-corrected chi connectivity index (χ2v) is 11.1. The predicted molar refractivity (Wildman–Crippen MR) is 143 cm³/mol. The van der Waals surface area contributed by atoms with E-state index in [9.17, 15) is 41.4 Å². The molecule has 1 unspecified atom stereocenters. The molecule has 3 aromatic rings. The van der Waals surface area contributed by atoms with Crippen LogP contribution in [0.1, 0.15) is 54.1 Å². The number of hydrogen-bond donors (Lipinski definition) is 2. The van der Waals surface area contributed by atoms with Gasteiger partial charge in [-0.1, -0.05) is 19.1 Å². The third-order valence-corrected chi connectivity index (χ3v) is 8.16. The number of carboxylic acid groups (broad SMARTS) is 1. The Morgan fingerprint density at radius 3 is 2.42 bits per heavy atom. The van der Waals surface area contributed by atoms with E-state index in [1.54, 1.807) is 6.07 Å². The fourth-order valence-corrected chi connectivity index (χ4v) is 5.74. The summed E-state index contributed by atoms with van der Waals surface area (Å²) < 4.78 is 93.3. The van der Waals surface area contributed by atoms with Gasteiger partial charge in [0.25, 0.3) is 6.43 Å². The number of aliphatic hydroxyl groups is 1. The van der Waals surface area contributed by atoms with E-state index in [0.717, 1.165) is 24.1 Å². The Labute approximate surface area is 243 Å². The molecule has 5 rings (SSSR count). The zero-order valence-electron chi connectivity index (χ0n) is 23.2. The van der Waals surface area contributed by atoms with Gasteiger partial charge in [0.2, 0.25) is 5.88 Å². The van der Waals surface area contributed by atoms with E-state index in [4.69, 9.17) is 9.47 Å². The maximum atomic E-state index is 14.9. The molecule has 2 aromatic carbocycles. The SMILES string of the molecule is CCc1nc(OCc2cc(-c3ccc(OCCC(C)(O)C(F)F)cc3)c(C(F)(F)F)cc2F)cc2c1[C@H]1[C@@H](C2)[C@@H]1C(=O)O. The van der Waals surface area contributed by atoms with Crippen LogP contribution in [0.4, 0.5) is 26.3 Å². The molecule has 0 radical (unpaired) electrons. The Kier molecular flexibility index (Phi) is 8.10. The summed E-state index contributed by atoms with van der Waals surface area (Å²) in [5.74, 6) is -2.07. The minimum atomic E-state index is -4.86. The number of carbonyl (C=O) groups is 1. The van der Waals surface area contributed by atoms with Crippen molar-refractivity contribution in [3.63, 3.8) is 0 Å². The molecule has 0 aliphatic heterocycles. The highest BCUT2D eigenvalue weighted by molar-refractivity contribution is 5.78. The standard InChI is InChI=1S/C31H29F6NO5/c1-3-23-25-16(10-20-26(25)27(20)28(39)40)12-24(38-23)43-14-17-11-19(21(13-22(17)32)31(35,36)37)15-4-6-18(7-5-15)42-9-8-30(2,41)29(33)34/h4-7,11-13,20,26-27,29,41H,3,8-10,14H2,1-2H3,(H,39,40)/t20-,26-,27+,30?/m1/s1. The number of nitrogens with zero attached hydrogens (tertiary/aromatic N) is 1. The van der Waals surface area contributed by atoms with Gasteiger partial charge in [0.1, 0.15) is 23.8 Å². The van der Waals surface area contributed by atoms with E-state index in [1.807, 2.05) is 6.92 Å². The van der Waals surface area contributed by atoms with Crippen molar-refractivity contribution < 1.29 is 50.8 Å². The molecule has 4 atom stereocenters. The first-order valence-electron chi connectivity index (χ1n) is 13.7. The lowest BCUT2D eigenvalue weighted by Crippen LogP contribution is -2.35. The Hall–Kier alpha value is -3.80. The Bertz CT molecular complexity index is 1520. The fraction of sp³-hybridized carbons (Fsp3) is 0.419. The summed E-state index contributed by atoms with van der Waals surface area (Å²) in [6.07, 6.45) is -7.11. The minimum Gasteiger partial charge on any atom is -0.493 e. The van der Waals surface area contributed by atoms with Gasteiger partial charge in [0.05, 0.1) is 18.1 Å². The van der Waals surface area contributed by atoms with Gasteiger partial charge in [-0.3, -0.25) is 4.79 Å². The summed E-state index contributed by atoms with van der Waals surface area (Å²) in [7, 11) is 0. The third kappa shape index (κ3) is 6.15. The molecule has 6 nitrogen and oxygen atoms in total. The maximum Gasteiger partial charge on any atom is 0.417 e. The van der Waals surface area contributed by atoms with E-state index >= 15 is 0 Å². The van der Waals surface area contributed by atoms with E-state index in [2.05, 4.69) is 4.98 Å². The molecule has 1 heterocycles. The normalized spacial score (nSPS) is 20.4. The van der Waals surface area contributed by atoms with Crippen molar-refractivity contribution in [2.75, 3.05) is 6.61 Å². The number of hydrogen-bond acceptors (Lipinski definition) is 5. The summed E-state index contributed by atoms with van der Waals surface area (Å²) in [6.45, 7) is 2.20. The van der Waals surface area contributed by atoms with Gasteiger partial charge in [-0.2, -0.15) is 13.2 Å². The molecule has 0 bridgehead atoms. The lowest BCUT2D eigenvalue weighted by atomic mass is 9.96. The molecule has 0 spiro atoms. The van der Waals surface area contributed by atoms with Gasteiger partial charge < -0.3 is 19.7 Å². The molecule has 1 fully saturated rings. The number of benzene rings is 2. The third-order valence-electron chi connectivity index (χ3n) is 8.16. The number of alkyl halides is 5. The van der Waals surface area contributed by atoms with Crippen molar-refractivity contribution in [1.82, 2.24) is 4.98 Å². The quantitative estimate of drug-likeness (QED) is 0.233. The van der Waals surface area contributed by atoms with Crippen molar-refractivity contribution in [3.05, 3.63) is 76.2 Å². The largest absolute Gasteiger partial charge is 0.493 e. The van der Waals surface area contributed by atoms with Gasteiger partial charge in [-0.25, -0.2) is 18.2 Å². The molecule has 2 N–H and O–H groups in total. The number of carboxylic acids is 1. The predicted octanol–water partition coefficient (Wildman–Crippen LogP) is 6.80. The van der Waals surface area contributed by atoms with Gasteiger partial charge in [-0.15, -0.1) is 0 Å². The highest BCUT2D eigenvalue weighted by Crippen LogP contribution is 2.62. The number of aromatic nitrogens is 1. The molecular weight excluding hydrogens is 580 g/mol. The second-order valence-electron chi connectivity index (χ2n) is 11.1. The molecule has 2 aliphatic rings. The monoisotopic (exact) mass is 609 g/mol. The second kappa shape index (κ2) is 11.4. The van der Waals surface area contributed by atoms with E-state index in [1.165, 1.54) is 24.3 Å².